The smallest absolute Gasteiger partial charge is 0.327 e. The van der Waals surface area contributed by atoms with Gasteiger partial charge in [-0.1, -0.05) is 13.3 Å². The van der Waals surface area contributed by atoms with Crippen molar-refractivity contribution in [3.05, 3.63) is 0 Å². The molecule has 5 heteroatoms. The molecule has 1 saturated heterocycles. The van der Waals surface area contributed by atoms with Gasteiger partial charge in [-0.2, -0.15) is 0 Å². The Morgan fingerprint density at radius 3 is 2.69 bits per heavy atom. The fourth-order valence-corrected chi connectivity index (χ4v) is 3.74. The molecule has 0 spiro atoms. The van der Waals surface area contributed by atoms with E-state index in [0.717, 1.165) is 19.3 Å². The van der Waals surface area contributed by atoms with Gasteiger partial charge in [0, 0.05) is 11.7 Å². The molecule has 1 saturated carbocycles. The molecular weight excluding hydrogens is 226 g/mol. The maximum Gasteiger partial charge on any atom is 0.327 e. The van der Waals surface area contributed by atoms with Gasteiger partial charge in [0.15, 0.2) is 0 Å². The molecule has 0 aromatic heterocycles. The van der Waals surface area contributed by atoms with Crippen molar-refractivity contribution in [2.45, 2.75) is 32.2 Å². The Morgan fingerprint density at radius 2 is 2.12 bits per heavy atom. The van der Waals surface area contributed by atoms with Gasteiger partial charge in [0.05, 0.1) is 5.88 Å². The summed E-state index contributed by atoms with van der Waals surface area (Å²) in [5.41, 5.74) is 0. The van der Waals surface area contributed by atoms with E-state index in [1.165, 1.54) is 11.8 Å². The van der Waals surface area contributed by atoms with E-state index in [1.807, 2.05) is 0 Å². The van der Waals surface area contributed by atoms with Crippen LogP contribution in [-0.4, -0.2) is 39.6 Å². The van der Waals surface area contributed by atoms with E-state index in [-0.39, 0.29) is 11.8 Å². The number of hydrogen-bond donors (Lipinski definition) is 1. The minimum atomic E-state index is -0.871. The number of aliphatic carboxylic acids is 1. The van der Waals surface area contributed by atoms with Crippen LogP contribution in [0.4, 0.5) is 0 Å². The number of rotatable bonds is 2. The molecule has 2 rings (SSSR count). The quantitative estimate of drug-likeness (QED) is 0.796. The molecule has 1 amide bonds. The molecule has 0 aromatic rings. The first-order chi connectivity index (χ1) is 7.61. The molecule has 16 heavy (non-hydrogen) atoms. The van der Waals surface area contributed by atoms with E-state index in [4.69, 9.17) is 5.11 Å². The Kier molecular flexibility index (Phi) is 3.42. The van der Waals surface area contributed by atoms with Crippen molar-refractivity contribution in [1.82, 2.24) is 4.90 Å². The number of carbonyl (C=O) groups is 2. The van der Waals surface area contributed by atoms with Crippen molar-refractivity contribution in [1.29, 1.82) is 0 Å². The van der Waals surface area contributed by atoms with Crippen LogP contribution in [0.2, 0.25) is 0 Å². The third-order valence-electron chi connectivity index (χ3n) is 3.63. The van der Waals surface area contributed by atoms with E-state index in [9.17, 15) is 9.59 Å². The summed E-state index contributed by atoms with van der Waals surface area (Å²) >= 11 is 1.53. The number of carboxylic acids is 1. The van der Waals surface area contributed by atoms with Gasteiger partial charge in [-0.05, 0) is 18.8 Å². The number of hydrogen-bond acceptors (Lipinski definition) is 3. The van der Waals surface area contributed by atoms with Crippen LogP contribution in [0.25, 0.3) is 0 Å². The van der Waals surface area contributed by atoms with Crippen LogP contribution in [-0.2, 0) is 9.59 Å². The average Bonchev–Trinajstić information content (AvgIpc) is 2.84. The molecule has 0 aromatic carbocycles. The summed E-state index contributed by atoms with van der Waals surface area (Å²) in [7, 11) is 0. The van der Waals surface area contributed by atoms with Gasteiger partial charge >= 0.3 is 5.97 Å². The molecule has 1 aliphatic carbocycles. The van der Waals surface area contributed by atoms with Gasteiger partial charge in [-0.3, -0.25) is 4.79 Å². The first-order valence-corrected chi connectivity index (χ1v) is 6.87. The van der Waals surface area contributed by atoms with Crippen molar-refractivity contribution in [2.75, 3.05) is 11.6 Å². The number of carbonyl (C=O) groups excluding carboxylic acids is 1. The molecule has 1 aliphatic heterocycles. The number of nitrogens with zero attached hydrogens (tertiary/aromatic N) is 1. The minimum Gasteiger partial charge on any atom is -0.480 e. The zero-order valence-electron chi connectivity index (χ0n) is 9.39. The highest BCUT2D eigenvalue weighted by Crippen LogP contribution is 2.34. The molecule has 0 bridgehead atoms. The average molecular weight is 243 g/mol. The van der Waals surface area contributed by atoms with Gasteiger partial charge in [0.1, 0.15) is 6.04 Å². The third kappa shape index (κ3) is 2.05. The predicted octanol–water partition coefficient (Wildman–Crippen LogP) is 1.41. The summed E-state index contributed by atoms with van der Waals surface area (Å²) in [5.74, 6) is 0.723. The van der Waals surface area contributed by atoms with Crippen LogP contribution in [0.5, 0.6) is 0 Å². The summed E-state index contributed by atoms with van der Waals surface area (Å²) in [6.07, 6.45) is 3.11. The Labute approximate surface area is 99.4 Å². The number of carboxylic acid groups (broad SMARTS) is 1. The zero-order chi connectivity index (χ0) is 11.7. The lowest BCUT2D eigenvalue weighted by atomic mass is 9.96. The van der Waals surface area contributed by atoms with Crippen LogP contribution in [0.1, 0.15) is 26.2 Å². The zero-order valence-corrected chi connectivity index (χ0v) is 10.2. The molecule has 2 fully saturated rings. The molecule has 90 valence electrons. The first kappa shape index (κ1) is 11.8. The summed E-state index contributed by atoms with van der Waals surface area (Å²) < 4.78 is 0. The van der Waals surface area contributed by atoms with Crippen LogP contribution in [0.3, 0.4) is 0 Å². The van der Waals surface area contributed by atoms with Crippen molar-refractivity contribution in [3.63, 3.8) is 0 Å². The van der Waals surface area contributed by atoms with Crippen LogP contribution < -0.4 is 0 Å². The second-order valence-corrected chi connectivity index (χ2v) is 5.68. The standard InChI is InChI=1S/C11H17NO3S/c1-7-3-2-4-8(7)10(13)12-6-16-5-9(12)11(14)15/h7-9H,2-6H2,1H3,(H,14,15)/t7?,8?,9-/m0/s1. The highest BCUT2D eigenvalue weighted by Gasteiger charge is 2.40. The van der Waals surface area contributed by atoms with Crippen LogP contribution >= 0.6 is 11.8 Å². The lowest BCUT2D eigenvalue weighted by molar-refractivity contribution is -0.149. The normalized spacial score (nSPS) is 34.3. The second kappa shape index (κ2) is 4.65. The highest BCUT2D eigenvalue weighted by atomic mass is 32.2. The SMILES string of the molecule is CC1CCCC1C(=O)N1CSC[C@H]1C(=O)O. The molecule has 0 radical (unpaired) electrons. The molecule has 2 unspecified atom stereocenters. The lowest BCUT2D eigenvalue weighted by Crippen LogP contribution is -2.45. The molecule has 4 nitrogen and oxygen atoms in total. The van der Waals surface area contributed by atoms with Gasteiger partial charge in [0.2, 0.25) is 5.91 Å². The molecular formula is C11H17NO3S. The van der Waals surface area contributed by atoms with E-state index in [1.54, 1.807) is 4.90 Å². The summed E-state index contributed by atoms with van der Waals surface area (Å²) in [6, 6.07) is -0.606. The number of thioether (sulfide) groups is 1. The molecule has 2 aliphatic rings. The van der Waals surface area contributed by atoms with Gasteiger partial charge in [-0.25, -0.2) is 4.79 Å². The molecule has 1 heterocycles. The van der Waals surface area contributed by atoms with E-state index in [0.29, 0.717) is 17.5 Å². The fourth-order valence-electron chi connectivity index (χ4n) is 2.59. The van der Waals surface area contributed by atoms with Crippen molar-refractivity contribution >= 4 is 23.6 Å². The number of amides is 1. The summed E-state index contributed by atoms with van der Waals surface area (Å²) in [4.78, 5) is 24.8. The van der Waals surface area contributed by atoms with E-state index in [2.05, 4.69) is 6.92 Å². The van der Waals surface area contributed by atoms with Gasteiger partial charge < -0.3 is 10.0 Å². The molecule has 3 atom stereocenters. The maximum absolute atomic E-state index is 12.2. The van der Waals surface area contributed by atoms with Crippen molar-refractivity contribution in [2.24, 2.45) is 11.8 Å². The Balaban J connectivity index is 2.06. The Morgan fingerprint density at radius 1 is 1.38 bits per heavy atom. The topological polar surface area (TPSA) is 57.6 Å². The fraction of sp³-hybridized carbons (Fsp3) is 0.818. The maximum atomic E-state index is 12.2. The highest BCUT2D eigenvalue weighted by molar-refractivity contribution is 7.99. The first-order valence-electron chi connectivity index (χ1n) is 5.72. The van der Waals surface area contributed by atoms with Gasteiger partial charge in [0.25, 0.3) is 0 Å². The monoisotopic (exact) mass is 243 g/mol. The second-order valence-electron chi connectivity index (χ2n) is 4.68. The summed E-state index contributed by atoms with van der Waals surface area (Å²) in [6.45, 7) is 2.09. The molecule has 1 N–H and O–H groups in total. The Hall–Kier alpha value is -0.710. The third-order valence-corrected chi connectivity index (χ3v) is 4.64. The van der Waals surface area contributed by atoms with E-state index < -0.39 is 12.0 Å². The predicted molar refractivity (Wildman–Crippen MR) is 62.1 cm³/mol. The summed E-state index contributed by atoms with van der Waals surface area (Å²) in [5, 5.41) is 9.03. The van der Waals surface area contributed by atoms with Crippen LogP contribution in [0.15, 0.2) is 0 Å². The van der Waals surface area contributed by atoms with Crippen molar-refractivity contribution < 1.29 is 14.7 Å². The minimum absolute atomic E-state index is 0.0561. The largest absolute Gasteiger partial charge is 0.480 e. The van der Waals surface area contributed by atoms with Crippen LogP contribution in [0, 0.1) is 11.8 Å². The Bertz CT molecular complexity index is 308. The lowest BCUT2D eigenvalue weighted by Gasteiger charge is -2.25. The van der Waals surface area contributed by atoms with Gasteiger partial charge in [-0.15, -0.1) is 11.8 Å². The van der Waals surface area contributed by atoms with E-state index >= 15 is 0 Å². The van der Waals surface area contributed by atoms with Crippen molar-refractivity contribution in [3.8, 4) is 0 Å².